The zero-order valence-corrected chi connectivity index (χ0v) is 8.77. The molecule has 1 amide bonds. The third-order valence-corrected chi connectivity index (χ3v) is 1.81. The van der Waals surface area contributed by atoms with Crippen LogP contribution in [0.2, 0.25) is 0 Å². The highest BCUT2D eigenvalue weighted by molar-refractivity contribution is 5.79. The lowest BCUT2D eigenvalue weighted by Crippen LogP contribution is -2.30. The summed E-state index contributed by atoms with van der Waals surface area (Å²) in [5, 5.41) is 0.954. The van der Waals surface area contributed by atoms with Gasteiger partial charge in [0.2, 0.25) is 0 Å². The number of hydrogen-bond acceptors (Lipinski definition) is 3. The number of hydrogen-bond donors (Lipinski definition) is 0. The lowest BCUT2D eigenvalue weighted by Gasteiger charge is -2.14. The number of nitrogens with zero attached hydrogens (tertiary/aromatic N) is 1. The van der Waals surface area contributed by atoms with Gasteiger partial charge in [0, 0.05) is 14.0 Å². The predicted molar refractivity (Wildman–Crippen MR) is 54.7 cm³/mol. The van der Waals surface area contributed by atoms with E-state index in [9.17, 15) is 9.59 Å². The molecule has 0 aromatic heterocycles. The van der Waals surface area contributed by atoms with E-state index in [0.717, 1.165) is 10.6 Å². The van der Waals surface area contributed by atoms with E-state index in [1.165, 1.54) is 14.0 Å². The smallest absolute Gasteiger partial charge is 0.329 e. The second-order valence-corrected chi connectivity index (χ2v) is 3.14. The Morgan fingerprint density at radius 1 is 1.27 bits per heavy atom. The Balaban J connectivity index is 2.52. The van der Waals surface area contributed by atoms with Crippen LogP contribution in [0.1, 0.15) is 12.5 Å². The van der Waals surface area contributed by atoms with Crippen LogP contribution in [0, 0.1) is 0 Å². The van der Waals surface area contributed by atoms with Crippen LogP contribution in [0.3, 0.4) is 0 Å². The standard InChI is InChI=1S/C11H13NO3/c1-9(13)15-12(2)11(14)8-10-6-4-3-5-7-10/h3-7H,8H2,1-2H3. The third-order valence-electron chi connectivity index (χ3n) is 1.81. The molecule has 0 aliphatic heterocycles. The van der Waals surface area contributed by atoms with Gasteiger partial charge in [-0.1, -0.05) is 30.3 Å². The van der Waals surface area contributed by atoms with Gasteiger partial charge in [-0.3, -0.25) is 9.59 Å². The average Bonchev–Trinajstić information content (AvgIpc) is 2.18. The fourth-order valence-corrected chi connectivity index (χ4v) is 1.13. The molecule has 0 fully saturated rings. The van der Waals surface area contributed by atoms with E-state index in [1.807, 2.05) is 30.3 Å². The van der Waals surface area contributed by atoms with E-state index in [-0.39, 0.29) is 12.3 Å². The number of rotatable bonds is 2. The molecular weight excluding hydrogens is 194 g/mol. The number of hydroxylamine groups is 2. The number of benzene rings is 1. The number of carbonyl (C=O) groups excluding carboxylic acids is 2. The van der Waals surface area contributed by atoms with Crippen molar-refractivity contribution in [3.63, 3.8) is 0 Å². The fourth-order valence-electron chi connectivity index (χ4n) is 1.13. The second kappa shape index (κ2) is 5.14. The summed E-state index contributed by atoms with van der Waals surface area (Å²) in [7, 11) is 1.42. The van der Waals surface area contributed by atoms with Gasteiger partial charge in [-0.2, -0.15) is 5.06 Å². The van der Waals surface area contributed by atoms with Gasteiger partial charge in [0.15, 0.2) is 0 Å². The molecule has 0 aliphatic carbocycles. The van der Waals surface area contributed by atoms with Crippen molar-refractivity contribution in [2.75, 3.05) is 7.05 Å². The molecular formula is C11H13NO3. The summed E-state index contributed by atoms with van der Waals surface area (Å²) in [5.74, 6) is -0.754. The first-order valence-corrected chi connectivity index (χ1v) is 4.58. The van der Waals surface area contributed by atoms with E-state index in [1.54, 1.807) is 0 Å². The fraction of sp³-hybridized carbons (Fsp3) is 0.273. The minimum Gasteiger partial charge on any atom is -0.339 e. The van der Waals surface area contributed by atoms with Gasteiger partial charge >= 0.3 is 5.97 Å². The first kappa shape index (κ1) is 11.2. The Labute approximate surface area is 88.4 Å². The lowest BCUT2D eigenvalue weighted by atomic mass is 10.1. The van der Waals surface area contributed by atoms with E-state index in [2.05, 4.69) is 4.84 Å². The van der Waals surface area contributed by atoms with Gasteiger partial charge in [-0.15, -0.1) is 0 Å². The van der Waals surface area contributed by atoms with Crippen molar-refractivity contribution in [3.8, 4) is 0 Å². The number of amides is 1. The van der Waals surface area contributed by atoms with Crippen molar-refractivity contribution in [2.45, 2.75) is 13.3 Å². The summed E-state index contributed by atoms with van der Waals surface area (Å²) in [6.07, 6.45) is 0.227. The molecule has 0 atom stereocenters. The Hall–Kier alpha value is -1.84. The highest BCUT2D eigenvalue weighted by Crippen LogP contribution is 2.02. The van der Waals surface area contributed by atoms with Crippen LogP contribution in [-0.4, -0.2) is 24.0 Å². The zero-order valence-electron chi connectivity index (χ0n) is 8.77. The van der Waals surface area contributed by atoms with Crippen LogP contribution in [0.4, 0.5) is 0 Å². The maximum absolute atomic E-state index is 11.5. The lowest BCUT2D eigenvalue weighted by molar-refractivity contribution is -0.190. The molecule has 0 saturated carbocycles. The van der Waals surface area contributed by atoms with Gasteiger partial charge in [0.25, 0.3) is 5.91 Å². The minimum absolute atomic E-state index is 0.227. The molecule has 15 heavy (non-hydrogen) atoms. The van der Waals surface area contributed by atoms with Gasteiger partial charge in [0.1, 0.15) is 0 Å². The topological polar surface area (TPSA) is 46.6 Å². The van der Waals surface area contributed by atoms with E-state index in [0.29, 0.717) is 0 Å². The highest BCUT2D eigenvalue weighted by Gasteiger charge is 2.11. The molecule has 4 nitrogen and oxygen atoms in total. The van der Waals surface area contributed by atoms with E-state index >= 15 is 0 Å². The summed E-state index contributed by atoms with van der Waals surface area (Å²) < 4.78 is 0. The number of carbonyl (C=O) groups is 2. The van der Waals surface area contributed by atoms with Crippen LogP contribution in [0.25, 0.3) is 0 Å². The summed E-state index contributed by atoms with van der Waals surface area (Å²) in [5.41, 5.74) is 0.890. The van der Waals surface area contributed by atoms with Crippen molar-refractivity contribution < 1.29 is 14.4 Å². The average molecular weight is 207 g/mol. The van der Waals surface area contributed by atoms with Crippen molar-refractivity contribution in [2.24, 2.45) is 0 Å². The molecule has 1 aromatic carbocycles. The number of likely N-dealkylation sites (N-methyl/N-ethyl adjacent to an activating group) is 1. The molecule has 0 spiro atoms. The van der Waals surface area contributed by atoms with Crippen LogP contribution >= 0.6 is 0 Å². The van der Waals surface area contributed by atoms with Gasteiger partial charge in [0.05, 0.1) is 6.42 Å². The molecule has 4 heteroatoms. The van der Waals surface area contributed by atoms with Crippen molar-refractivity contribution in [1.82, 2.24) is 5.06 Å². The summed E-state index contributed by atoms with van der Waals surface area (Å²) in [4.78, 5) is 26.7. The molecule has 1 rings (SSSR count). The van der Waals surface area contributed by atoms with Crippen LogP contribution in [0.5, 0.6) is 0 Å². The van der Waals surface area contributed by atoms with Gasteiger partial charge in [-0.25, -0.2) is 0 Å². The molecule has 0 aliphatic rings. The SMILES string of the molecule is CC(=O)ON(C)C(=O)Cc1ccccc1. The highest BCUT2D eigenvalue weighted by atomic mass is 16.7. The summed E-state index contributed by atoms with van der Waals surface area (Å²) in [6, 6.07) is 9.28. The van der Waals surface area contributed by atoms with Gasteiger partial charge in [-0.05, 0) is 5.56 Å². The first-order chi connectivity index (χ1) is 7.09. The van der Waals surface area contributed by atoms with Crippen LogP contribution < -0.4 is 0 Å². The molecule has 0 radical (unpaired) electrons. The maximum atomic E-state index is 11.5. The van der Waals surface area contributed by atoms with Crippen LogP contribution in [-0.2, 0) is 20.8 Å². The van der Waals surface area contributed by atoms with Gasteiger partial charge < -0.3 is 4.84 Å². The Morgan fingerprint density at radius 2 is 1.87 bits per heavy atom. The molecule has 0 N–H and O–H groups in total. The summed E-state index contributed by atoms with van der Waals surface area (Å²) in [6.45, 7) is 1.26. The van der Waals surface area contributed by atoms with E-state index < -0.39 is 5.97 Å². The quantitative estimate of drug-likeness (QED) is 0.684. The minimum atomic E-state index is -0.501. The molecule has 0 heterocycles. The van der Waals surface area contributed by atoms with Crippen molar-refractivity contribution in [1.29, 1.82) is 0 Å². The normalized spacial score (nSPS) is 9.47. The van der Waals surface area contributed by atoms with Crippen molar-refractivity contribution in [3.05, 3.63) is 35.9 Å². The zero-order chi connectivity index (χ0) is 11.3. The van der Waals surface area contributed by atoms with Crippen molar-refractivity contribution >= 4 is 11.9 Å². The Morgan fingerprint density at radius 3 is 2.40 bits per heavy atom. The maximum Gasteiger partial charge on any atom is 0.329 e. The molecule has 0 saturated heterocycles. The molecule has 0 bridgehead atoms. The predicted octanol–water partition coefficient (Wildman–Crippen LogP) is 1.17. The largest absolute Gasteiger partial charge is 0.339 e. The van der Waals surface area contributed by atoms with E-state index in [4.69, 9.17) is 0 Å². The molecule has 80 valence electrons. The molecule has 0 unspecified atom stereocenters. The Kier molecular flexibility index (Phi) is 3.85. The first-order valence-electron chi connectivity index (χ1n) is 4.58. The monoisotopic (exact) mass is 207 g/mol. The van der Waals surface area contributed by atoms with Crippen LogP contribution in [0.15, 0.2) is 30.3 Å². The third kappa shape index (κ3) is 3.81. The molecule has 1 aromatic rings. The Bertz CT molecular complexity index is 348. The second-order valence-electron chi connectivity index (χ2n) is 3.14. The summed E-state index contributed by atoms with van der Waals surface area (Å²) >= 11 is 0.